The molecule has 1 amide bonds. The molecule has 0 bridgehead atoms. The van der Waals surface area contributed by atoms with Gasteiger partial charge in [0.05, 0.1) is 25.4 Å². The lowest BCUT2D eigenvalue weighted by Crippen LogP contribution is -2.47. The molecule has 6 heteroatoms. The van der Waals surface area contributed by atoms with E-state index in [0.717, 1.165) is 23.8 Å². The quantitative estimate of drug-likeness (QED) is 0.828. The van der Waals surface area contributed by atoms with Gasteiger partial charge in [0.15, 0.2) is 0 Å². The minimum atomic E-state index is -0.153. The van der Waals surface area contributed by atoms with Gasteiger partial charge in [0.25, 0.3) is 0 Å². The first-order valence-corrected chi connectivity index (χ1v) is 7.34. The molecule has 0 saturated carbocycles. The van der Waals surface area contributed by atoms with Crippen LogP contribution in [0.1, 0.15) is 5.76 Å². The van der Waals surface area contributed by atoms with E-state index >= 15 is 0 Å². The Kier molecular flexibility index (Phi) is 4.88. The lowest BCUT2D eigenvalue weighted by atomic mass is 10.3. The number of amides is 1. The molecular weight excluding hydrogens is 262 g/mol. The van der Waals surface area contributed by atoms with Gasteiger partial charge in [0.1, 0.15) is 11.8 Å². The molecule has 102 valence electrons. The van der Waals surface area contributed by atoms with Crippen LogP contribution < -0.4 is 0 Å². The standard InChI is InChI=1S/C13H17N3O2S/c1-15(8-12-3-2-5-18-12)13(17)9-16-4-6-19-10-11(16)7-14/h2-3,5,11H,4,6,8-10H2,1H3. The zero-order valence-electron chi connectivity index (χ0n) is 10.9. The number of likely N-dealkylation sites (N-methyl/N-ethyl adjacent to an activating group) is 1. The maximum Gasteiger partial charge on any atom is 0.236 e. The highest BCUT2D eigenvalue weighted by molar-refractivity contribution is 7.99. The summed E-state index contributed by atoms with van der Waals surface area (Å²) in [6.45, 7) is 1.56. The third kappa shape index (κ3) is 3.75. The van der Waals surface area contributed by atoms with Gasteiger partial charge >= 0.3 is 0 Å². The minimum Gasteiger partial charge on any atom is -0.467 e. The third-order valence-electron chi connectivity index (χ3n) is 3.13. The molecule has 0 N–H and O–H groups in total. The molecule has 1 atom stereocenters. The van der Waals surface area contributed by atoms with E-state index in [-0.39, 0.29) is 11.9 Å². The molecule has 0 radical (unpaired) electrons. The van der Waals surface area contributed by atoms with Crippen molar-refractivity contribution in [2.45, 2.75) is 12.6 Å². The van der Waals surface area contributed by atoms with Gasteiger partial charge in [-0.2, -0.15) is 17.0 Å². The second-order valence-corrected chi connectivity index (χ2v) is 5.67. The Morgan fingerprint density at radius 3 is 3.26 bits per heavy atom. The predicted molar refractivity (Wildman–Crippen MR) is 73.5 cm³/mol. The van der Waals surface area contributed by atoms with Crippen molar-refractivity contribution in [2.24, 2.45) is 0 Å². The van der Waals surface area contributed by atoms with Crippen LogP contribution >= 0.6 is 11.8 Å². The fourth-order valence-corrected chi connectivity index (χ4v) is 3.00. The van der Waals surface area contributed by atoms with Crippen molar-refractivity contribution < 1.29 is 9.21 Å². The van der Waals surface area contributed by atoms with E-state index in [4.69, 9.17) is 9.68 Å². The van der Waals surface area contributed by atoms with Crippen molar-refractivity contribution in [1.29, 1.82) is 5.26 Å². The zero-order chi connectivity index (χ0) is 13.7. The van der Waals surface area contributed by atoms with Gasteiger partial charge in [-0.05, 0) is 12.1 Å². The van der Waals surface area contributed by atoms with E-state index < -0.39 is 0 Å². The lowest BCUT2D eigenvalue weighted by Gasteiger charge is -2.31. The van der Waals surface area contributed by atoms with Crippen LogP contribution in [-0.2, 0) is 11.3 Å². The van der Waals surface area contributed by atoms with Crippen molar-refractivity contribution in [1.82, 2.24) is 9.80 Å². The fourth-order valence-electron chi connectivity index (χ4n) is 1.97. The van der Waals surface area contributed by atoms with Gasteiger partial charge in [0, 0.05) is 25.1 Å². The van der Waals surface area contributed by atoms with Gasteiger partial charge < -0.3 is 9.32 Å². The summed E-state index contributed by atoms with van der Waals surface area (Å²) in [6, 6.07) is 5.76. The number of hydrogen-bond donors (Lipinski definition) is 0. The van der Waals surface area contributed by atoms with E-state index in [0.29, 0.717) is 13.1 Å². The van der Waals surface area contributed by atoms with E-state index in [2.05, 4.69) is 6.07 Å². The second kappa shape index (κ2) is 6.64. The van der Waals surface area contributed by atoms with E-state index in [1.165, 1.54) is 0 Å². The van der Waals surface area contributed by atoms with Crippen molar-refractivity contribution >= 4 is 17.7 Å². The Balaban J connectivity index is 1.87. The number of nitrogens with zero attached hydrogens (tertiary/aromatic N) is 3. The smallest absolute Gasteiger partial charge is 0.236 e. The summed E-state index contributed by atoms with van der Waals surface area (Å²) in [4.78, 5) is 15.7. The Morgan fingerprint density at radius 1 is 1.74 bits per heavy atom. The van der Waals surface area contributed by atoms with Crippen molar-refractivity contribution in [3.8, 4) is 6.07 Å². The van der Waals surface area contributed by atoms with Crippen LogP contribution in [0.15, 0.2) is 22.8 Å². The first-order chi connectivity index (χ1) is 9.20. The monoisotopic (exact) mass is 279 g/mol. The topological polar surface area (TPSA) is 60.5 Å². The Hall–Kier alpha value is -1.45. The molecule has 0 aromatic carbocycles. The molecule has 1 aromatic rings. The van der Waals surface area contributed by atoms with E-state index in [1.54, 1.807) is 36.0 Å². The number of rotatable bonds is 4. The highest BCUT2D eigenvalue weighted by Crippen LogP contribution is 2.16. The SMILES string of the molecule is CN(Cc1ccco1)C(=O)CN1CCSCC1C#N. The normalized spacial score (nSPS) is 19.9. The van der Waals surface area contributed by atoms with Crippen LogP contribution in [0.4, 0.5) is 0 Å². The number of furan rings is 1. The van der Waals surface area contributed by atoms with Crippen LogP contribution in [-0.4, -0.2) is 53.4 Å². The number of thioether (sulfide) groups is 1. The predicted octanol–water partition coefficient (Wildman–Crippen LogP) is 1.18. The second-order valence-electron chi connectivity index (χ2n) is 4.52. The summed E-state index contributed by atoms with van der Waals surface area (Å²) in [7, 11) is 1.75. The van der Waals surface area contributed by atoms with Crippen LogP contribution in [0.3, 0.4) is 0 Å². The maximum absolute atomic E-state index is 12.1. The van der Waals surface area contributed by atoms with Crippen LogP contribution in [0.25, 0.3) is 0 Å². The maximum atomic E-state index is 12.1. The molecule has 1 aromatic heterocycles. The van der Waals surface area contributed by atoms with Crippen molar-refractivity contribution in [2.75, 3.05) is 31.6 Å². The first kappa shape index (κ1) is 14.0. The molecule has 1 aliphatic heterocycles. The van der Waals surface area contributed by atoms with Crippen LogP contribution in [0.5, 0.6) is 0 Å². The molecule has 19 heavy (non-hydrogen) atoms. The average Bonchev–Trinajstić information content (AvgIpc) is 2.92. The lowest BCUT2D eigenvalue weighted by molar-refractivity contribution is -0.132. The largest absolute Gasteiger partial charge is 0.467 e. The summed E-state index contributed by atoms with van der Waals surface area (Å²) in [5.74, 6) is 2.55. The number of nitriles is 1. The summed E-state index contributed by atoms with van der Waals surface area (Å²) in [6.07, 6.45) is 1.60. The van der Waals surface area contributed by atoms with Crippen molar-refractivity contribution in [3.63, 3.8) is 0 Å². The highest BCUT2D eigenvalue weighted by Gasteiger charge is 2.25. The zero-order valence-corrected chi connectivity index (χ0v) is 11.7. The average molecular weight is 279 g/mol. The van der Waals surface area contributed by atoms with Crippen LogP contribution in [0.2, 0.25) is 0 Å². The number of carbonyl (C=O) groups excluding carboxylic acids is 1. The molecule has 1 unspecified atom stereocenters. The summed E-state index contributed by atoms with van der Waals surface area (Å²) in [5.41, 5.74) is 0. The third-order valence-corrected chi connectivity index (χ3v) is 4.15. The molecule has 2 rings (SSSR count). The molecule has 1 aliphatic rings. The Bertz CT molecular complexity index is 455. The van der Waals surface area contributed by atoms with E-state index in [1.807, 2.05) is 11.0 Å². The van der Waals surface area contributed by atoms with Gasteiger partial charge in [0.2, 0.25) is 5.91 Å². The van der Waals surface area contributed by atoms with Gasteiger partial charge in [-0.1, -0.05) is 0 Å². The van der Waals surface area contributed by atoms with Gasteiger partial charge in [-0.3, -0.25) is 9.69 Å². The molecule has 0 aliphatic carbocycles. The molecule has 1 saturated heterocycles. The van der Waals surface area contributed by atoms with E-state index in [9.17, 15) is 4.79 Å². The molecular formula is C13H17N3O2S. The summed E-state index contributed by atoms with van der Waals surface area (Å²) < 4.78 is 5.22. The van der Waals surface area contributed by atoms with Gasteiger partial charge in [-0.15, -0.1) is 0 Å². The highest BCUT2D eigenvalue weighted by atomic mass is 32.2. The fraction of sp³-hybridized carbons (Fsp3) is 0.538. The minimum absolute atomic E-state index is 0.0172. The molecule has 5 nitrogen and oxygen atoms in total. The molecule has 2 heterocycles. The number of carbonyl (C=O) groups is 1. The Labute approximate surface area is 117 Å². The molecule has 0 spiro atoms. The first-order valence-electron chi connectivity index (χ1n) is 6.18. The van der Waals surface area contributed by atoms with Crippen molar-refractivity contribution in [3.05, 3.63) is 24.2 Å². The molecule has 1 fully saturated rings. The Morgan fingerprint density at radius 2 is 2.58 bits per heavy atom. The van der Waals surface area contributed by atoms with Gasteiger partial charge in [-0.25, -0.2) is 0 Å². The summed E-state index contributed by atoms with van der Waals surface area (Å²) >= 11 is 1.77. The number of hydrogen-bond acceptors (Lipinski definition) is 5. The van der Waals surface area contributed by atoms with Crippen LogP contribution in [0, 0.1) is 11.3 Å². The summed E-state index contributed by atoms with van der Waals surface area (Å²) in [5, 5.41) is 9.08.